The molecule has 0 aliphatic carbocycles. The summed E-state index contributed by atoms with van der Waals surface area (Å²) in [7, 11) is 1.65. The number of halogens is 1. The second kappa shape index (κ2) is 12.3. The van der Waals surface area contributed by atoms with Gasteiger partial charge in [-0.05, 0) is 44.2 Å². The molecule has 4 N–H and O–H groups in total. The second-order valence-electron chi connectivity index (χ2n) is 11.4. The van der Waals surface area contributed by atoms with Crippen molar-refractivity contribution in [3.63, 3.8) is 0 Å². The van der Waals surface area contributed by atoms with E-state index in [0.717, 1.165) is 19.3 Å². The summed E-state index contributed by atoms with van der Waals surface area (Å²) in [4.78, 5) is 41.7. The van der Waals surface area contributed by atoms with Crippen molar-refractivity contribution in [1.29, 1.82) is 0 Å². The molecule has 2 fully saturated rings. The van der Waals surface area contributed by atoms with Crippen molar-refractivity contribution >= 4 is 57.8 Å². The predicted octanol–water partition coefficient (Wildman–Crippen LogP) is 3.74. The molecule has 1 unspecified atom stereocenters. The minimum absolute atomic E-state index is 0.107. The number of nitrogens with zero attached hydrogens (tertiary/aromatic N) is 7. The molecule has 6 heterocycles. The highest BCUT2D eigenvalue weighted by Crippen LogP contribution is 2.40. The number of nitrogens with one attached hydrogen (secondary N) is 1. The van der Waals surface area contributed by atoms with Crippen LogP contribution in [-0.2, 0) is 23.2 Å². The van der Waals surface area contributed by atoms with E-state index in [1.165, 1.54) is 22.4 Å². The maximum Gasteiger partial charge on any atom is 0.250 e. The normalized spacial score (nSPS) is 18.5. The fourth-order valence-corrected chi connectivity index (χ4v) is 6.63. The highest BCUT2D eigenvalue weighted by atomic mass is 35.5. The van der Waals surface area contributed by atoms with Crippen molar-refractivity contribution in [2.24, 2.45) is 12.5 Å². The van der Waals surface area contributed by atoms with Crippen LogP contribution in [0.4, 0.5) is 17.3 Å². The number of fused-ring (bicyclic) bond motifs is 1. The van der Waals surface area contributed by atoms with Crippen molar-refractivity contribution in [2.45, 2.75) is 61.8 Å². The number of aliphatic hydroxyl groups is 1. The molecular weight excluding hydrogens is 606 g/mol. The number of pyridine rings is 2. The maximum atomic E-state index is 13.3. The van der Waals surface area contributed by atoms with Gasteiger partial charge in [-0.1, -0.05) is 30.3 Å². The molecule has 44 heavy (non-hydrogen) atoms. The van der Waals surface area contributed by atoms with Crippen LogP contribution in [0.15, 0.2) is 45.3 Å². The third-order valence-corrected chi connectivity index (χ3v) is 9.81. The SMILES string of the molecule is Cn1cc(NC(=O)C2(C)CCN(c3nc4c(nc3CO)c(Sc3ccnc(N)c3Cl)nn4C3CCCCO3)CC2)ccc1=O. The van der Waals surface area contributed by atoms with Crippen molar-refractivity contribution in [3.05, 3.63) is 51.7 Å². The summed E-state index contributed by atoms with van der Waals surface area (Å²) in [6, 6.07) is 4.81. The van der Waals surface area contributed by atoms with Gasteiger partial charge in [0.15, 0.2) is 22.7 Å². The lowest BCUT2D eigenvalue weighted by molar-refractivity contribution is -0.125. The van der Waals surface area contributed by atoms with Crippen molar-refractivity contribution < 1.29 is 14.6 Å². The second-order valence-corrected chi connectivity index (χ2v) is 12.8. The molecule has 0 radical (unpaired) electrons. The van der Waals surface area contributed by atoms with E-state index >= 15 is 0 Å². The molecule has 232 valence electrons. The molecular formula is C29H34ClN9O4S. The Morgan fingerprint density at radius 3 is 2.75 bits per heavy atom. The molecule has 0 aromatic carbocycles. The summed E-state index contributed by atoms with van der Waals surface area (Å²) in [6.07, 6.45) is 6.79. The van der Waals surface area contributed by atoms with Gasteiger partial charge in [-0.15, -0.1) is 0 Å². The zero-order valence-electron chi connectivity index (χ0n) is 24.5. The number of aliphatic hydroxyl groups excluding tert-OH is 1. The molecule has 0 saturated carbocycles. The summed E-state index contributed by atoms with van der Waals surface area (Å²) in [5.74, 6) is 0.671. The van der Waals surface area contributed by atoms with E-state index in [0.29, 0.717) is 75.8 Å². The molecule has 4 aromatic heterocycles. The molecule has 2 aliphatic rings. The standard InChI is InChI=1S/C29H34ClN9O4S/c1-29(28(42)33-17-6-7-20(41)37(2)15-17)9-12-38(13-10-29)25-18(16-40)34-23-26(35-25)39(21-5-3-4-14-43-21)36-27(23)44-19-8-11-32-24(31)22(19)30/h6-8,11,15,21,40H,3-5,9-10,12-14,16H2,1-2H3,(H2,31,32)(H,33,42). The molecule has 0 bridgehead atoms. The predicted molar refractivity (Wildman–Crippen MR) is 168 cm³/mol. The van der Waals surface area contributed by atoms with Crippen LogP contribution < -0.4 is 21.5 Å². The number of ether oxygens (including phenoxy) is 1. The van der Waals surface area contributed by atoms with Gasteiger partial charge in [-0.25, -0.2) is 19.6 Å². The van der Waals surface area contributed by atoms with Gasteiger partial charge in [0.25, 0.3) is 0 Å². The van der Waals surface area contributed by atoms with E-state index < -0.39 is 5.41 Å². The number of anilines is 3. The largest absolute Gasteiger partial charge is 0.390 e. The number of carbonyl (C=O) groups excluding carboxylic acids is 1. The van der Waals surface area contributed by atoms with Crippen molar-refractivity contribution in [3.8, 4) is 0 Å². The van der Waals surface area contributed by atoms with Gasteiger partial charge in [0.1, 0.15) is 17.0 Å². The number of nitrogen functional groups attached to an aromatic ring is 1. The first kappa shape index (κ1) is 30.3. The van der Waals surface area contributed by atoms with Crippen LogP contribution in [0.1, 0.15) is 50.9 Å². The Morgan fingerprint density at radius 1 is 1.25 bits per heavy atom. The molecule has 4 aromatic rings. The average molecular weight is 640 g/mol. The van der Waals surface area contributed by atoms with Crippen molar-refractivity contribution in [1.82, 2.24) is 29.3 Å². The van der Waals surface area contributed by atoms with Gasteiger partial charge in [0, 0.05) is 50.1 Å². The molecule has 2 aliphatic heterocycles. The van der Waals surface area contributed by atoms with E-state index in [4.69, 9.17) is 37.1 Å². The van der Waals surface area contributed by atoms with Gasteiger partial charge in [-0.2, -0.15) is 5.10 Å². The number of amides is 1. The van der Waals surface area contributed by atoms with Crippen molar-refractivity contribution in [2.75, 3.05) is 35.6 Å². The van der Waals surface area contributed by atoms with Crippen LogP contribution in [0.5, 0.6) is 0 Å². The monoisotopic (exact) mass is 639 g/mol. The summed E-state index contributed by atoms with van der Waals surface area (Å²) in [5, 5.41) is 19.1. The number of aromatic nitrogens is 6. The van der Waals surface area contributed by atoms with Crippen LogP contribution in [0.3, 0.4) is 0 Å². The zero-order chi connectivity index (χ0) is 31.0. The lowest BCUT2D eigenvalue weighted by atomic mass is 9.79. The van der Waals surface area contributed by atoms with Gasteiger partial charge >= 0.3 is 0 Å². The van der Waals surface area contributed by atoms with Gasteiger partial charge in [-0.3, -0.25) is 9.59 Å². The third-order valence-electron chi connectivity index (χ3n) is 8.27. The quantitative estimate of drug-likeness (QED) is 0.269. The molecule has 1 atom stereocenters. The van der Waals surface area contributed by atoms with Crippen LogP contribution in [0.2, 0.25) is 5.02 Å². The molecule has 6 rings (SSSR count). The Morgan fingerprint density at radius 2 is 2.05 bits per heavy atom. The number of hydrogen-bond acceptors (Lipinski definition) is 11. The molecule has 15 heteroatoms. The van der Waals surface area contributed by atoms with E-state index in [-0.39, 0.29) is 30.1 Å². The number of carbonyl (C=O) groups is 1. The fraction of sp³-hybridized carbons (Fsp3) is 0.448. The summed E-state index contributed by atoms with van der Waals surface area (Å²) >= 11 is 7.75. The minimum Gasteiger partial charge on any atom is -0.390 e. The number of piperidine rings is 1. The van der Waals surface area contributed by atoms with E-state index in [9.17, 15) is 14.7 Å². The lowest BCUT2D eigenvalue weighted by Gasteiger charge is -2.39. The van der Waals surface area contributed by atoms with Crippen LogP contribution in [-0.4, -0.2) is 60.0 Å². The molecule has 2 saturated heterocycles. The maximum absolute atomic E-state index is 13.3. The Balaban J connectivity index is 1.30. The van der Waals surface area contributed by atoms with E-state index in [1.807, 2.05) is 6.92 Å². The van der Waals surface area contributed by atoms with E-state index in [2.05, 4.69) is 15.2 Å². The minimum atomic E-state index is -0.630. The zero-order valence-corrected chi connectivity index (χ0v) is 26.1. The van der Waals surface area contributed by atoms with Crippen LogP contribution in [0, 0.1) is 5.41 Å². The van der Waals surface area contributed by atoms with Crippen LogP contribution >= 0.6 is 23.4 Å². The first-order chi connectivity index (χ1) is 21.2. The Labute approximate surface area is 262 Å². The number of aryl methyl sites for hydroxylation is 1. The average Bonchev–Trinajstić information content (AvgIpc) is 3.38. The number of hydrogen-bond donors (Lipinski definition) is 3. The topological polar surface area (TPSA) is 166 Å². The Hall–Kier alpha value is -3.72. The van der Waals surface area contributed by atoms with E-state index in [1.54, 1.807) is 36.3 Å². The molecule has 1 amide bonds. The van der Waals surface area contributed by atoms with Gasteiger partial charge in [0.05, 0.1) is 22.7 Å². The summed E-state index contributed by atoms with van der Waals surface area (Å²) in [6.45, 7) is 3.32. The highest BCUT2D eigenvalue weighted by Gasteiger charge is 2.38. The Kier molecular flexibility index (Phi) is 8.51. The van der Waals surface area contributed by atoms with Crippen LogP contribution in [0.25, 0.3) is 11.2 Å². The smallest absolute Gasteiger partial charge is 0.250 e. The molecule has 0 spiro atoms. The fourth-order valence-electron chi connectivity index (χ4n) is 5.51. The van der Waals surface area contributed by atoms with Gasteiger partial charge in [0.2, 0.25) is 11.5 Å². The summed E-state index contributed by atoms with van der Waals surface area (Å²) < 4.78 is 9.29. The summed E-state index contributed by atoms with van der Waals surface area (Å²) in [5.41, 5.74) is 7.23. The Bertz CT molecular complexity index is 1760. The number of rotatable bonds is 7. The first-order valence-electron chi connectivity index (χ1n) is 14.5. The third kappa shape index (κ3) is 5.86. The lowest BCUT2D eigenvalue weighted by Crippen LogP contribution is -2.45. The number of nitrogens with two attached hydrogens (primary N) is 1. The van der Waals surface area contributed by atoms with Gasteiger partial charge < -0.3 is 30.4 Å². The highest BCUT2D eigenvalue weighted by molar-refractivity contribution is 7.99. The molecule has 13 nitrogen and oxygen atoms in total. The first-order valence-corrected chi connectivity index (χ1v) is 15.7.